The van der Waals surface area contributed by atoms with Gasteiger partial charge in [-0.2, -0.15) is 0 Å². The maximum Gasteiger partial charge on any atom is 0.303 e. The summed E-state index contributed by atoms with van der Waals surface area (Å²) in [6, 6.07) is 0. The van der Waals surface area contributed by atoms with Crippen molar-refractivity contribution in [3.05, 3.63) is 11.6 Å². The van der Waals surface area contributed by atoms with E-state index in [1.807, 2.05) is 0 Å². The zero-order chi connectivity index (χ0) is 19.1. The topological polar surface area (TPSA) is 77.8 Å². The molecule has 0 aromatic heterocycles. The molecule has 4 unspecified atom stereocenters. The van der Waals surface area contributed by atoms with E-state index in [-0.39, 0.29) is 12.3 Å². The highest BCUT2D eigenvalue weighted by Gasteiger charge is 2.53. The van der Waals surface area contributed by atoms with Crippen LogP contribution < -0.4 is 0 Å². The van der Waals surface area contributed by atoms with Crippen molar-refractivity contribution < 1.29 is 20.1 Å². The third kappa shape index (κ3) is 3.69. The number of carboxylic acid groups (broad SMARTS) is 1. The van der Waals surface area contributed by atoms with Crippen LogP contribution in [0.15, 0.2) is 11.6 Å². The summed E-state index contributed by atoms with van der Waals surface area (Å²) in [5.41, 5.74) is 1.35. The van der Waals surface area contributed by atoms with E-state index in [1.54, 1.807) is 0 Å². The first-order valence-electron chi connectivity index (χ1n) is 10.8. The van der Waals surface area contributed by atoms with Gasteiger partial charge in [0.25, 0.3) is 0 Å². The summed E-state index contributed by atoms with van der Waals surface area (Å²) in [6.07, 6.45) is 8.40. The van der Waals surface area contributed by atoms with Gasteiger partial charge >= 0.3 is 5.97 Å². The Hall–Kier alpha value is -1.31. The van der Waals surface area contributed by atoms with Gasteiger partial charge < -0.3 is 15.3 Å². The molecule has 0 radical (unpaired) electrons. The van der Waals surface area contributed by atoms with Crippen LogP contribution >= 0.6 is 0 Å². The number of aliphatic hydroxyl groups is 2. The minimum absolute atomic E-state index is 0.0660. The van der Waals surface area contributed by atoms with Gasteiger partial charge in [-0.05, 0) is 74.0 Å². The first-order valence-corrected chi connectivity index (χ1v) is 10.8. The summed E-state index contributed by atoms with van der Waals surface area (Å²) in [5, 5.41) is 29.7. The summed E-state index contributed by atoms with van der Waals surface area (Å²) in [4.78, 5) is 10.7. The monoisotopic (exact) mass is 372 g/mol. The molecule has 3 N–H and O–H groups in total. The number of allylic oxidation sites excluding steroid dienone is 2. The van der Waals surface area contributed by atoms with Crippen molar-refractivity contribution in [1.29, 1.82) is 0 Å². The number of aliphatic carboxylic acids is 1. The zero-order valence-corrected chi connectivity index (χ0v) is 16.2. The summed E-state index contributed by atoms with van der Waals surface area (Å²) in [7, 11) is 0. The molecule has 4 rings (SSSR count). The number of hydrogen-bond donors (Lipinski definition) is 3. The summed E-state index contributed by atoms with van der Waals surface area (Å²) < 4.78 is 0. The van der Waals surface area contributed by atoms with E-state index in [0.717, 1.165) is 31.1 Å². The first kappa shape index (κ1) is 19.0. The Labute approximate surface area is 162 Å². The molecule has 8 atom stereocenters. The lowest BCUT2D eigenvalue weighted by molar-refractivity contribution is -0.136. The standard InChI is InChI=1S/C23H32O4/c1-13-15(4-3-7-22(26)27)18-10-11-21(25)19(23(13)18)9-8-14(24)12-20-16-5-2-6-17(16)20/h4,13-14,16-21,23-25H,2-3,5-7,10-12H2,1H3,(H,26,27)/t13?,14?,16?,17?,18-,19+,20?,21-,23+/m1/s1. The normalized spacial score (nSPS) is 44.5. The van der Waals surface area contributed by atoms with Crippen molar-refractivity contribution in [3.63, 3.8) is 0 Å². The fraction of sp³-hybridized carbons (Fsp3) is 0.783. The van der Waals surface area contributed by atoms with Crippen molar-refractivity contribution in [2.45, 2.75) is 70.5 Å². The van der Waals surface area contributed by atoms with Crippen molar-refractivity contribution in [2.75, 3.05) is 0 Å². The second-order valence-electron chi connectivity index (χ2n) is 9.24. The van der Waals surface area contributed by atoms with E-state index in [0.29, 0.717) is 30.1 Å². The highest BCUT2D eigenvalue weighted by atomic mass is 16.4. The Morgan fingerprint density at radius 2 is 2.00 bits per heavy atom. The predicted molar refractivity (Wildman–Crippen MR) is 103 cm³/mol. The zero-order valence-electron chi connectivity index (χ0n) is 16.2. The first-order chi connectivity index (χ1) is 13.0. The van der Waals surface area contributed by atoms with Crippen molar-refractivity contribution in [1.82, 2.24) is 0 Å². The van der Waals surface area contributed by atoms with Gasteiger partial charge in [0.2, 0.25) is 0 Å². The second-order valence-corrected chi connectivity index (χ2v) is 9.24. The van der Waals surface area contributed by atoms with Crippen LogP contribution in [0.5, 0.6) is 0 Å². The largest absolute Gasteiger partial charge is 0.481 e. The number of carbonyl (C=O) groups is 1. The molecule has 0 amide bonds. The van der Waals surface area contributed by atoms with Gasteiger partial charge in [0.1, 0.15) is 6.10 Å². The smallest absolute Gasteiger partial charge is 0.303 e. The number of fused-ring (bicyclic) bond motifs is 2. The molecule has 4 aliphatic carbocycles. The highest BCUT2D eigenvalue weighted by molar-refractivity contribution is 5.66. The quantitative estimate of drug-likeness (QED) is 0.511. The van der Waals surface area contributed by atoms with Crippen LogP contribution in [0.4, 0.5) is 0 Å². The summed E-state index contributed by atoms with van der Waals surface area (Å²) in [5.74, 6) is 8.98. The molecule has 0 aliphatic heterocycles. The molecular formula is C23H32O4. The van der Waals surface area contributed by atoms with Crippen molar-refractivity contribution >= 4 is 5.97 Å². The number of hydrogen-bond acceptors (Lipinski definition) is 3. The van der Waals surface area contributed by atoms with Crippen LogP contribution in [0.25, 0.3) is 0 Å². The Kier molecular flexibility index (Phi) is 5.36. The second kappa shape index (κ2) is 7.60. The molecule has 0 bridgehead atoms. The Balaban J connectivity index is 1.36. The molecule has 4 aliphatic rings. The van der Waals surface area contributed by atoms with E-state index in [9.17, 15) is 15.0 Å². The molecule has 0 aromatic carbocycles. The van der Waals surface area contributed by atoms with E-state index in [2.05, 4.69) is 24.8 Å². The Morgan fingerprint density at radius 1 is 1.26 bits per heavy atom. The number of carboxylic acids is 1. The SMILES string of the molecule is CC1C(=CCCC(=O)O)[C@H]2CC[C@@H](O)[C@H](C#CC(O)CC3C4CCCC43)[C@@H]12. The van der Waals surface area contributed by atoms with E-state index < -0.39 is 18.2 Å². The average molecular weight is 373 g/mol. The van der Waals surface area contributed by atoms with Crippen molar-refractivity contribution in [3.8, 4) is 11.8 Å². The fourth-order valence-corrected chi connectivity index (χ4v) is 6.44. The maximum atomic E-state index is 10.7. The lowest BCUT2D eigenvalue weighted by Crippen LogP contribution is -2.50. The molecule has 4 heteroatoms. The maximum absolute atomic E-state index is 10.7. The van der Waals surface area contributed by atoms with Crippen LogP contribution in [-0.2, 0) is 4.79 Å². The van der Waals surface area contributed by atoms with Gasteiger partial charge in [-0.1, -0.05) is 36.8 Å². The molecule has 27 heavy (non-hydrogen) atoms. The van der Waals surface area contributed by atoms with Crippen LogP contribution in [0.2, 0.25) is 0 Å². The van der Waals surface area contributed by atoms with Gasteiger partial charge in [0.15, 0.2) is 0 Å². The average Bonchev–Trinajstić information content (AvgIpc) is 3.04. The molecule has 4 fully saturated rings. The molecule has 0 heterocycles. The third-order valence-corrected chi connectivity index (χ3v) is 7.83. The van der Waals surface area contributed by atoms with Crippen LogP contribution in [0, 0.1) is 53.3 Å². The fourth-order valence-electron chi connectivity index (χ4n) is 6.44. The van der Waals surface area contributed by atoms with E-state index >= 15 is 0 Å². The lowest BCUT2D eigenvalue weighted by Gasteiger charge is -2.53. The molecule has 0 aromatic rings. The molecule has 0 spiro atoms. The van der Waals surface area contributed by atoms with Crippen molar-refractivity contribution in [2.24, 2.45) is 41.4 Å². The summed E-state index contributed by atoms with van der Waals surface area (Å²) in [6.45, 7) is 2.17. The van der Waals surface area contributed by atoms with E-state index in [1.165, 1.54) is 24.8 Å². The number of aliphatic hydroxyl groups excluding tert-OH is 2. The predicted octanol–water partition coefficient (Wildman–Crippen LogP) is 3.23. The minimum atomic E-state index is -0.757. The summed E-state index contributed by atoms with van der Waals surface area (Å²) >= 11 is 0. The molecule has 4 saturated carbocycles. The van der Waals surface area contributed by atoms with Gasteiger partial charge in [-0.25, -0.2) is 0 Å². The van der Waals surface area contributed by atoms with E-state index in [4.69, 9.17) is 5.11 Å². The van der Waals surface area contributed by atoms with Crippen LogP contribution in [-0.4, -0.2) is 33.5 Å². The Morgan fingerprint density at radius 3 is 2.70 bits per heavy atom. The van der Waals surface area contributed by atoms with Gasteiger partial charge in [-0.3, -0.25) is 4.79 Å². The van der Waals surface area contributed by atoms with Crippen LogP contribution in [0.3, 0.4) is 0 Å². The highest BCUT2D eigenvalue weighted by Crippen LogP contribution is 2.59. The van der Waals surface area contributed by atoms with Gasteiger partial charge in [-0.15, -0.1) is 0 Å². The van der Waals surface area contributed by atoms with Crippen LogP contribution in [0.1, 0.15) is 58.3 Å². The molecule has 148 valence electrons. The molecule has 4 nitrogen and oxygen atoms in total. The molecule has 0 saturated heterocycles. The molecular weight excluding hydrogens is 340 g/mol. The third-order valence-electron chi connectivity index (χ3n) is 7.83. The van der Waals surface area contributed by atoms with Gasteiger partial charge in [0.05, 0.1) is 12.0 Å². The van der Waals surface area contributed by atoms with Gasteiger partial charge in [0, 0.05) is 6.42 Å². The Bertz CT molecular complexity index is 662. The number of rotatable bonds is 5. The minimum Gasteiger partial charge on any atom is -0.481 e. The lowest BCUT2D eigenvalue weighted by atomic mass is 9.51.